The first-order chi connectivity index (χ1) is 15.4. The van der Waals surface area contributed by atoms with Crippen molar-refractivity contribution < 1.29 is 23.5 Å². The summed E-state index contributed by atoms with van der Waals surface area (Å²) in [4.78, 5) is 29.4. The molecule has 0 radical (unpaired) electrons. The lowest BCUT2D eigenvalue weighted by molar-refractivity contribution is -0.154. The predicted octanol–water partition coefficient (Wildman–Crippen LogP) is 5.01. The van der Waals surface area contributed by atoms with Crippen molar-refractivity contribution in [3.63, 3.8) is 0 Å². The van der Waals surface area contributed by atoms with Gasteiger partial charge in [0.15, 0.2) is 14.0 Å². The first-order valence-electron chi connectivity index (χ1n) is 10.8. The Labute approximate surface area is 201 Å². The molecule has 0 aliphatic carbocycles. The van der Waals surface area contributed by atoms with Gasteiger partial charge < -0.3 is 19.6 Å². The van der Waals surface area contributed by atoms with E-state index in [4.69, 9.17) is 19.6 Å². The number of nitrogens with zero attached hydrogens (tertiary/aromatic N) is 1. The van der Waals surface area contributed by atoms with E-state index in [9.17, 15) is 9.59 Å². The number of thiazole rings is 1. The summed E-state index contributed by atoms with van der Waals surface area (Å²) in [5.41, 5.74) is 7.46. The maximum absolute atomic E-state index is 13.0. The number of aromatic nitrogens is 1. The Morgan fingerprint density at radius 1 is 1.21 bits per heavy atom. The second kappa shape index (κ2) is 11.7. The van der Waals surface area contributed by atoms with E-state index < -0.39 is 32.4 Å². The number of esters is 2. The van der Waals surface area contributed by atoms with Crippen LogP contribution in [0.3, 0.4) is 0 Å². The molecule has 0 bridgehead atoms. The van der Waals surface area contributed by atoms with Gasteiger partial charge in [0.1, 0.15) is 24.3 Å². The van der Waals surface area contributed by atoms with E-state index >= 15 is 0 Å². The maximum atomic E-state index is 13.0. The van der Waals surface area contributed by atoms with Crippen LogP contribution in [0.4, 0.5) is 0 Å². The van der Waals surface area contributed by atoms with E-state index in [1.165, 1.54) is 17.4 Å². The molecule has 0 aliphatic rings. The fraction of sp³-hybridized carbons (Fsp3) is 0.458. The summed E-state index contributed by atoms with van der Waals surface area (Å²) in [7, 11) is -2.29. The molecule has 0 unspecified atom stereocenters. The fourth-order valence-electron chi connectivity index (χ4n) is 2.64. The summed E-state index contributed by atoms with van der Waals surface area (Å²) in [6, 6.07) is 8.88. The highest BCUT2D eigenvalue weighted by Crippen LogP contribution is 2.38. The van der Waals surface area contributed by atoms with E-state index in [1.54, 1.807) is 5.38 Å². The van der Waals surface area contributed by atoms with Crippen LogP contribution in [0.15, 0.2) is 48.4 Å². The minimum absolute atomic E-state index is 0.0989. The number of ether oxygens (including phenoxy) is 2. The quantitative estimate of drug-likeness (QED) is 0.268. The van der Waals surface area contributed by atoms with Gasteiger partial charge in [-0.05, 0) is 23.7 Å². The Bertz CT molecular complexity index is 940. The van der Waals surface area contributed by atoms with E-state index in [-0.39, 0.29) is 30.4 Å². The zero-order chi connectivity index (χ0) is 24.6. The van der Waals surface area contributed by atoms with E-state index in [0.717, 1.165) is 5.56 Å². The van der Waals surface area contributed by atoms with Crippen molar-refractivity contribution in [1.29, 1.82) is 0 Å². The predicted molar refractivity (Wildman–Crippen MR) is 132 cm³/mol. The van der Waals surface area contributed by atoms with Crippen LogP contribution in [0.5, 0.6) is 0 Å². The molecule has 0 saturated carbocycles. The largest absolute Gasteiger partial charge is 0.459 e. The summed E-state index contributed by atoms with van der Waals surface area (Å²) < 4.78 is 17.0. The smallest absolute Gasteiger partial charge is 0.358 e. The van der Waals surface area contributed by atoms with Gasteiger partial charge in [-0.2, -0.15) is 0 Å². The summed E-state index contributed by atoms with van der Waals surface area (Å²) in [5.74, 6) is -0.998. The van der Waals surface area contributed by atoms with Crippen molar-refractivity contribution in [3.05, 3.63) is 64.6 Å². The molecule has 0 saturated heterocycles. The van der Waals surface area contributed by atoms with Crippen molar-refractivity contribution >= 4 is 31.6 Å². The van der Waals surface area contributed by atoms with Crippen LogP contribution in [0.2, 0.25) is 18.1 Å². The van der Waals surface area contributed by atoms with Gasteiger partial charge in [-0.15, -0.1) is 11.3 Å². The monoisotopic (exact) mass is 490 g/mol. The highest BCUT2D eigenvalue weighted by atomic mass is 32.1. The Morgan fingerprint density at radius 2 is 1.88 bits per heavy atom. The molecule has 180 valence electrons. The lowest BCUT2D eigenvalue weighted by Gasteiger charge is -2.39. The van der Waals surface area contributed by atoms with Crippen molar-refractivity contribution in [2.75, 3.05) is 6.61 Å². The first-order valence-corrected chi connectivity index (χ1v) is 14.6. The molecule has 1 aromatic carbocycles. The molecular formula is C24H34N2O5SSi. The Hall–Kier alpha value is -2.33. The average Bonchev–Trinajstić information content (AvgIpc) is 3.25. The molecule has 0 aliphatic heterocycles. The summed E-state index contributed by atoms with van der Waals surface area (Å²) >= 11 is 1.25. The number of benzene rings is 1. The Balaban J connectivity index is 2.15. The van der Waals surface area contributed by atoms with Gasteiger partial charge in [-0.25, -0.2) is 14.6 Å². The lowest BCUT2D eigenvalue weighted by Crippen LogP contribution is -2.47. The molecule has 0 fully saturated rings. The van der Waals surface area contributed by atoms with Crippen LogP contribution in [-0.4, -0.2) is 38.0 Å². The van der Waals surface area contributed by atoms with E-state index in [0.29, 0.717) is 5.01 Å². The summed E-state index contributed by atoms with van der Waals surface area (Å²) in [6.45, 7) is 14.2. The summed E-state index contributed by atoms with van der Waals surface area (Å²) in [5, 5.41) is 2.02. The van der Waals surface area contributed by atoms with Gasteiger partial charge in [0.25, 0.3) is 0 Å². The minimum Gasteiger partial charge on any atom is -0.459 e. The number of hydrogen-bond donors (Lipinski definition) is 1. The van der Waals surface area contributed by atoms with Crippen molar-refractivity contribution in [3.8, 4) is 0 Å². The number of carbonyl (C=O) groups is 2. The van der Waals surface area contributed by atoms with Crippen LogP contribution in [0.1, 0.15) is 54.3 Å². The molecule has 2 atom stereocenters. The third-order valence-corrected chi connectivity index (χ3v) is 11.0. The van der Waals surface area contributed by atoms with Gasteiger partial charge in [0, 0.05) is 11.8 Å². The Kier molecular flexibility index (Phi) is 9.53. The van der Waals surface area contributed by atoms with Crippen molar-refractivity contribution in [2.24, 2.45) is 5.73 Å². The molecule has 2 aromatic rings. The average molecular weight is 491 g/mol. The molecule has 1 heterocycles. The molecule has 7 nitrogen and oxygen atoms in total. The highest BCUT2D eigenvalue weighted by molar-refractivity contribution is 7.09. The second-order valence-corrected chi connectivity index (χ2v) is 14.9. The lowest BCUT2D eigenvalue weighted by atomic mass is 10.1. The SMILES string of the molecule is C=CCOC(=O)c1csc([C@@H](N)C[C@H](O[Si](C)(C)C(C)(C)C)C(=O)OCc2ccccc2)n1. The third-order valence-electron chi connectivity index (χ3n) is 5.58. The van der Waals surface area contributed by atoms with Gasteiger partial charge in [-0.3, -0.25) is 0 Å². The Morgan fingerprint density at radius 3 is 2.48 bits per heavy atom. The first kappa shape index (κ1) is 26.9. The molecule has 1 aromatic heterocycles. The molecule has 9 heteroatoms. The van der Waals surface area contributed by atoms with Crippen LogP contribution < -0.4 is 5.73 Å². The van der Waals surface area contributed by atoms with Crippen LogP contribution in [0.25, 0.3) is 0 Å². The molecule has 2 N–H and O–H groups in total. The number of carbonyl (C=O) groups excluding carboxylic acids is 2. The zero-order valence-corrected chi connectivity index (χ0v) is 21.8. The van der Waals surface area contributed by atoms with Gasteiger partial charge in [0.2, 0.25) is 0 Å². The van der Waals surface area contributed by atoms with Crippen LogP contribution in [0, 0.1) is 0 Å². The van der Waals surface area contributed by atoms with Gasteiger partial charge in [0.05, 0.1) is 6.04 Å². The molecular weight excluding hydrogens is 456 g/mol. The normalized spacial score (nSPS) is 13.8. The van der Waals surface area contributed by atoms with Crippen LogP contribution in [-0.2, 0) is 25.3 Å². The fourth-order valence-corrected chi connectivity index (χ4v) is 4.70. The molecule has 0 spiro atoms. The molecule has 2 rings (SSSR count). The summed E-state index contributed by atoms with van der Waals surface area (Å²) in [6.07, 6.45) is 0.833. The minimum atomic E-state index is -2.29. The zero-order valence-electron chi connectivity index (χ0n) is 20.0. The molecule has 0 amide bonds. The van der Waals surface area contributed by atoms with Crippen molar-refractivity contribution in [1.82, 2.24) is 4.98 Å². The van der Waals surface area contributed by atoms with E-state index in [2.05, 4.69) is 45.4 Å². The third kappa shape index (κ3) is 7.88. The number of nitrogens with two attached hydrogens (primary N) is 1. The number of hydrogen-bond acceptors (Lipinski definition) is 8. The van der Waals surface area contributed by atoms with Gasteiger partial charge in [-0.1, -0.05) is 63.8 Å². The molecule has 33 heavy (non-hydrogen) atoms. The second-order valence-electron chi connectivity index (χ2n) is 9.26. The highest BCUT2D eigenvalue weighted by Gasteiger charge is 2.41. The maximum Gasteiger partial charge on any atom is 0.358 e. The number of rotatable bonds is 11. The van der Waals surface area contributed by atoms with Crippen molar-refractivity contribution in [2.45, 2.75) is 64.1 Å². The topological polar surface area (TPSA) is 101 Å². The van der Waals surface area contributed by atoms with E-state index in [1.807, 2.05) is 30.3 Å². The van der Waals surface area contributed by atoms with Crippen LogP contribution >= 0.6 is 11.3 Å². The van der Waals surface area contributed by atoms with Gasteiger partial charge >= 0.3 is 11.9 Å². The standard InChI is InChI=1S/C24H34N2O5SSi/c1-7-13-29-22(27)19-16-32-21(26-19)18(25)14-20(31-33(5,6)24(2,3)4)23(28)30-15-17-11-9-8-10-12-17/h7-12,16,18,20H,1,13-15,25H2,2-6H3/t18-,20-/m0/s1.